The highest BCUT2D eigenvalue weighted by Crippen LogP contribution is 2.14. The third-order valence-corrected chi connectivity index (χ3v) is 3.24. The van der Waals surface area contributed by atoms with Gasteiger partial charge in [-0.05, 0) is 24.1 Å². The molecule has 0 unspecified atom stereocenters. The molecular weight excluding hydrogens is 301 g/mol. The number of primary sulfonamides is 1. The van der Waals surface area contributed by atoms with E-state index in [1.165, 1.54) is 0 Å². The fourth-order valence-corrected chi connectivity index (χ4v) is 2.01. The van der Waals surface area contributed by atoms with E-state index in [9.17, 15) is 17.6 Å². The van der Waals surface area contributed by atoms with E-state index in [2.05, 4.69) is 0 Å². The van der Waals surface area contributed by atoms with Gasteiger partial charge in [-0.1, -0.05) is 13.8 Å². The molecule has 118 valence electrons. The second kappa shape index (κ2) is 7.48. The van der Waals surface area contributed by atoms with Crippen LogP contribution in [0.3, 0.4) is 0 Å². The lowest BCUT2D eigenvalue weighted by molar-refractivity contribution is 0.0277. The summed E-state index contributed by atoms with van der Waals surface area (Å²) in [6.07, 6.45) is 0. The van der Waals surface area contributed by atoms with Crippen molar-refractivity contribution >= 4 is 16.0 Å². The smallest absolute Gasteiger partial charge is 0.338 e. The van der Waals surface area contributed by atoms with E-state index in [1.54, 1.807) is 0 Å². The molecule has 8 heteroatoms. The van der Waals surface area contributed by atoms with Crippen LogP contribution in [0.1, 0.15) is 24.2 Å². The van der Waals surface area contributed by atoms with Crippen LogP contribution in [0, 0.1) is 11.7 Å². The molecule has 0 heterocycles. The van der Waals surface area contributed by atoms with Gasteiger partial charge in [-0.3, -0.25) is 0 Å². The molecule has 0 radical (unpaired) electrons. The summed E-state index contributed by atoms with van der Waals surface area (Å²) >= 11 is 0. The van der Waals surface area contributed by atoms with Crippen molar-refractivity contribution in [1.82, 2.24) is 0 Å². The maximum atomic E-state index is 13.3. The Bertz CT molecular complexity index is 601. The first-order valence-corrected chi connectivity index (χ1v) is 7.83. The summed E-state index contributed by atoms with van der Waals surface area (Å²) in [6.45, 7) is 4.70. The Hall–Kier alpha value is -1.51. The molecule has 1 aromatic carbocycles. The molecule has 0 fully saturated rings. The van der Waals surface area contributed by atoms with E-state index in [0.717, 1.165) is 18.2 Å². The Morgan fingerprint density at radius 1 is 1.29 bits per heavy atom. The van der Waals surface area contributed by atoms with Gasteiger partial charge in [0, 0.05) is 6.61 Å². The Balaban J connectivity index is 2.64. The average molecular weight is 319 g/mol. The van der Waals surface area contributed by atoms with Crippen molar-refractivity contribution in [2.45, 2.75) is 18.7 Å². The van der Waals surface area contributed by atoms with Gasteiger partial charge in [0.1, 0.15) is 12.4 Å². The molecule has 1 aromatic rings. The summed E-state index contributed by atoms with van der Waals surface area (Å²) in [6, 6.07) is 2.58. The number of carbonyl (C=O) groups is 1. The minimum absolute atomic E-state index is 0.00717. The Morgan fingerprint density at radius 3 is 2.52 bits per heavy atom. The largest absolute Gasteiger partial charge is 0.460 e. The number of sulfonamides is 1. The predicted molar refractivity (Wildman–Crippen MR) is 73.7 cm³/mol. The van der Waals surface area contributed by atoms with Gasteiger partial charge in [-0.25, -0.2) is 22.7 Å². The molecule has 0 bridgehead atoms. The predicted octanol–water partition coefficient (Wildman–Crippen LogP) is 1.30. The number of carbonyl (C=O) groups excluding carboxylic acids is 1. The second-order valence-corrected chi connectivity index (χ2v) is 6.39. The molecular formula is C13H18FNO5S. The fraction of sp³-hybridized carbons (Fsp3) is 0.462. The molecule has 0 saturated heterocycles. The molecule has 2 N–H and O–H groups in total. The average Bonchev–Trinajstić information content (AvgIpc) is 2.36. The second-order valence-electron chi connectivity index (χ2n) is 4.83. The minimum atomic E-state index is -4.09. The fourth-order valence-electron chi connectivity index (χ4n) is 1.44. The lowest BCUT2D eigenvalue weighted by Gasteiger charge is -2.08. The maximum Gasteiger partial charge on any atom is 0.338 e. The van der Waals surface area contributed by atoms with Gasteiger partial charge >= 0.3 is 5.97 Å². The van der Waals surface area contributed by atoms with Gasteiger partial charge in [0.25, 0.3) is 0 Å². The first-order chi connectivity index (χ1) is 9.70. The molecule has 0 aromatic heterocycles. The zero-order valence-corrected chi connectivity index (χ0v) is 12.7. The molecule has 0 aliphatic heterocycles. The van der Waals surface area contributed by atoms with E-state index in [-0.39, 0.29) is 18.8 Å². The van der Waals surface area contributed by atoms with Crippen molar-refractivity contribution in [2.75, 3.05) is 19.8 Å². The van der Waals surface area contributed by atoms with E-state index >= 15 is 0 Å². The SMILES string of the molecule is CC(C)COCCOC(=O)c1cc(F)cc(S(N)(=O)=O)c1. The summed E-state index contributed by atoms with van der Waals surface area (Å²) in [5, 5.41) is 4.90. The van der Waals surface area contributed by atoms with Crippen LogP contribution < -0.4 is 5.14 Å². The Kier molecular flexibility index (Phi) is 6.25. The number of benzene rings is 1. The number of hydrogen-bond donors (Lipinski definition) is 1. The van der Waals surface area contributed by atoms with Crippen LogP contribution in [0.25, 0.3) is 0 Å². The van der Waals surface area contributed by atoms with Crippen LogP contribution in [0.5, 0.6) is 0 Å². The topological polar surface area (TPSA) is 95.7 Å². The summed E-state index contributed by atoms with van der Waals surface area (Å²) in [5.74, 6) is -1.36. The van der Waals surface area contributed by atoms with Crippen molar-refractivity contribution in [2.24, 2.45) is 11.1 Å². The summed E-state index contributed by atoms with van der Waals surface area (Å²) in [4.78, 5) is 11.2. The third-order valence-electron chi connectivity index (χ3n) is 2.35. The maximum absolute atomic E-state index is 13.3. The standard InChI is InChI=1S/C13H18FNO5S/c1-9(2)8-19-3-4-20-13(16)10-5-11(14)7-12(6-10)21(15,17)18/h5-7,9H,3-4,8H2,1-2H3,(H2,15,17,18). The number of esters is 1. The number of ether oxygens (including phenoxy) is 2. The van der Waals surface area contributed by atoms with E-state index in [4.69, 9.17) is 14.6 Å². The third kappa shape index (κ3) is 6.19. The monoisotopic (exact) mass is 319 g/mol. The van der Waals surface area contributed by atoms with E-state index in [0.29, 0.717) is 12.5 Å². The molecule has 0 saturated carbocycles. The number of hydrogen-bond acceptors (Lipinski definition) is 5. The molecule has 0 spiro atoms. The van der Waals surface area contributed by atoms with Gasteiger partial charge in [0.05, 0.1) is 17.1 Å². The molecule has 21 heavy (non-hydrogen) atoms. The van der Waals surface area contributed by atoms with Crippen LogP contribution in [0.2, 0.25) is 0 Å². The van der Waals surface area contributed by atoms with Crippen LogP contribution in [0.15, 0.2) is 23.1 Å². The quantitative estimate of drug-likeness (QED) is 0.604. The van der Waals surface area contributed by atoms with Gasteiger partial charge in [-0.15, -0.1) is 0 Å². The minimum Gasteiger partial charge on any atom is -0.460 e. The van der Waals surface area contributed by atoms with Gasteiger partial charge in [0.15, 0.2) is 0 Å². The lowest BCUT2D eigenvalue weighted by Crippen LogP contribution is -2.16. The number of halogens is 1. The van der Waals surface area contributed by atoms with Crippen molar-refractivity contribution in [3.8, 4) is 0 Å². The zero-order chi connectivity index (χ0) is 16.0. The highest BCUT2D eigenvalue weighted by atomic mass is 32.2. The summed E-state index contributed by atoms with van der Waals surface area (Å²) < 4.78 is 45.7. The normalized spacial score (nSPS) is 11.7. The lowest BCUT2D eigenvalue weighted by atomic mass is 10.2. The highest BCUT2D eigenvalue weighted by molar-refractivity contribution is 7.89. The van der Waals surface area contributed by atoms with Gasteiger partial charge in [-0.2, -0.15) is 0 Å². The summed E-state index contributed by atoms with van der Waals surface area (Å²) in [5.41, 5.74) is -0.220. The first-order valence-electron chi connectivity index (χ1n) is 6.28. The number of rotatable bonds is 7. The van der Waals surface area contributed by atoms with Crippen LogP contribution in [-0.4, -0.2) is 34.2 Å². The molecule has 0 aliphatic rings. The van der Waals surface area contributed by atoms with Crippen molar-refractivity contribution in [3.63, 3.8) is 0 Å². The molecule has 0 amide bonds. The Labute approximate surface area is 123 Å². The van der Waals surface area contributed by atoms with Crippen LogP contribution in [-0.2, 0) is 19.5 Å². The van der Waals surface area contributed by atoms with E-state index < -0.39 is 26.7 Å². The van der Waals surface area contributed by atoms with Crippen molar-refractivity contribution in [3.05, 3.63) is 29.6 Å². The zero-order valence-electron chi connectivity index (χ0n) is 11.8. The first kappa shape index (κ1) is 17.5. The van der Waals surface area contributed by atoms with E-state index in [1.807, 2.05) is 13.8 Å². The van der Waals surface area contributed by atoms with Crippen molar-refractivity contribution in [1.29, 1.82) is 0 Å². The van der Waals surface area contributed by atoms with Crippen molar-refractivity contribution < 1.29 is 27.1 Å². The molecule has 6 nitrogen and oxygen atoms in total. The Morgan fingerprint density at radius 2 is 1.95 bits per heavy atom. The van der Waals surface area contributed by atoms with Crippen LogP contribution >= 0.6 is 0 Å². The number of nitrogens with two attached hydrogens (primary N) is 1. The van der Waals surface area contributed by atoms with Gasteiger partial charge in [0.2, 0.25) is 10.0 Å². The molecule has 0 atom stereocenters. The van der Waals surface area contributed by atoms with Crippen LogP contribution in [0.4, 0.5) is 4.39 Å². The van der Waals surface area contributed by atoms with Gasteiger partial charge < -0.3 is 9.47 Å². The molecule has 1 rings (SSSR count). The highest BCUT2D eigenvalue weighted by Gasteiger charge is 2.15. The molecule has 0 aliphatic carbocycles. The summed E-state index contributed by atoms with van der Waals surface area (Å²) in [7, 11) is -4.09.